The van der Waals surface area contributed by atoms with Gasteiger partial charge in [-0.1, -0.05) is 24.3 Å². The molecule has 2 aliphatic rings. The second-order valence-electron chi connectivity index (χ2n) is 4.52. The predicted molar refractivity (Wildman–Crippen MR) is 55.7 cm³/mol. The van der Waals surface area contributed by atoms with E-state index in [9.17, 15) is 4.79 Å². The van der Waals surface area contributed by atoms with Gasteiger partial charge in [0.15, 0.2) is 0 Å². The average Bonchev–Trinajstić information content (AvgIpc) is 2.99. The number of hydrogen-bond acceptors (Lipinski definition) is 2. The summed E-state index contributed by atoms with van der Waals surface area (Å²) in [5.41, 5.74) is 2.45. The van der Waals surface area contributed by atoms with E-state index in [2.05, 4.69) is 11.4 Å². The first-order valence-corrected chi connectivity index (χ1v) is 5.29. The van der Waals surface area contributed by atoms with Crippen LogP contribution in [0.4, 0.5) is 0 Å². The van der Waals surface area contributed by atoms with E-state index >= 15 is 0 Å². The maximum Gasteiger partial charge on any atom is 0.325 e. The smallest absolute Gasteiger partial charge is 0.325 e. The first-order valence-electron chi connectivity index (χ1n) is 5.29. The van der Waals surface area contributed by atoms with E-state index in [1.54, 1.807) is 0 Å². The minimum absolute atomic E-state index is 0.253. The summed E-state index contributed by atoms with van der Waals surface area (Å²) in [6, 6.07) is 7.41. The Labute approximate surface area is 88.1 Å². The Kier molecular flexibility index (Phi) is 1.68. The fraction of sp³-hybridized carbons (Fsp3) is 0.417. The standard InChI is InChI=1S/C12H13NO2/c14-11(15)10-8-3-1-2-4-9(8)12(5-6-12)7-13-10/h1-4,10,13H,5-7H2,(H,14,15). The molecule has 1 spiro atoms. The zero-order valence-corrected chi connectivity index (χ0v) is 8.36. The topological polar surface area (TPSA) is 49.3 Å². The van der Waals surface area contributed by atoms with Crippen LogP contribution in [0.1, 0.15) is 30.0 Å². The third-order valence-electron chi connectivity index (χ3n) is 3.59. The molecule has 1 unspecified atom stereocenters. The van der Waals surface area contributed by atoms with E-state index < -0.39 is 12.0 Å². The van der Waals surface area contributed by atoms with Gasteiger partial charge in [0.2, 0.25) is 0 Å². The molecule has 0 amide bonds. The van der Waals surface area contributed by atoms with Crippen molar-refractivity contribution >= 4 is 5.97 Å². The van der Waals surface area contributed by atoms with Gasteiger partial charge >= 0.3 is 5.97 Å². The van der Waals surface area contributed by atoms with Crippen molar-refractivity contribution in [2.75, 3.05) is 6.54 Å². The van der Waals surface area contributed by atoms with Crippen LogP contribution in [-0.2, 0) is 10.2 Å². The summed E-state index contributed by atoms with van der Waals surface area (Å²) in [5, 5.41) is 12.2. The fourth-order valence-electron chi connectivity index (χ4n) is 2.55. The highest BCUT2D eigenvalue weighted by atomic mass is 16.4. The van der Waals surface area contributed by atoms with Gasteiger partial charge in [0.1, 0.15) is 6.04 Å². The van der Waals surface area contributed by atoms with Crippen molar-refractivity contribution in [2.45, 2.75) is 24.3 Å². The minimum atomic E-state index is -0.780. The van der Waals surface area contributed by atoms with Crippen LogP contribution in [0.15, 0.2) is 24.3 Å². The lowest BCUT2D eigenvalue weighted by atomic mass is 9.84. The van der Waals surface area contributed by atoms with Crippen molar-refractivity contribution in [3.8, 4) is 0 Å². The highest BCUT2D eigenvalue weighted by molar-refractivity contribution is 5.77. The molecule has 1 aromatic rings. The van der Waals surface area contributed by atoms with Crippen LogP contribution < -0.4 is 5.32 Å². The molecule has 78 valence electrons. The number of carboxylic acids is 1. The van der Waals surface area contributed by atoms with Gasteiger partial charge in [-0.2, -0.15) is 0 Å². The van der Waals surface area contributed by atoms with Crippen molar-refractivity contribution in [3.63, 3.8) is 0 Å². The van der Waals surface area contributed by atoms with E-state index in [0.717, 1.165) is 12.1 Å². The first kappa shape index (κ1) is 8.92. The summed E-state index contributed by atoms with van der Waals surface area (Å²) in [6.07, 6.45) is 2.37. The molecule has 0 aromatic heterocycles. The lowest BCUT2D eigenvalue weighted by Crippen LogP contribution is -2.40. The zero-order valence-electron chi connectivity index (χ0n) is 8.36. The summed E-state index contributed by atoms with van der Waals surface area (Å²) in [7, 11) is 0. The second-order valence-corrected chi connectivity index (χ2v) is 4.52. The summed E-state index contributed by atoms with van der Waals surface area (Å²) in [4.78, 5) is 11.1. The van der Waals surface area contributed by atoms with Gasteiger partial charge in [0.05, 0.1) is 0 Å². The van der Waals surface area contributed by atoms with Gasteiger partial charge in [-0.15, -0.1) is 0 Å². The number of carboxylic acid groups (broad SMARTS) is 1. The molecule has 0 bridgehead atoms. The molecule has 0 saturated heterocycles. The number of hydrogen-bond donors (Lipinski definition) is 2. The number of benzene rings is 1. The van der Waals surface area contributed by atoms with Crippen molar-refractivity contribution in [1.29, 1.82) is 0 Å². The Bertz CT molecular complexity index is 423. The largest absolute Gasteiger partial charge is 0.480 e. The number of fused-ring (bicyclic) bond motifs is 2. The maximum atomic E-state index is 11.1. The van der Waals surface area contributed by atoms with Crippen LogP contribution in [0.25, 0.3) is 0 Å². The molecule has 15 heavy (non-hydrogen) atoms. The molecule has 3 heteroatoms. The maximum absolute atomic E-state index is 11.1. The van der Waals surface area contributed by atoms with Gasteiger partial charge in [0.25, 0.3) is 0 Å². The average molecular weight is 203 g/mol. The molecule has 3 rings (SSSR count). The van der Waals surface area contributed by atoms with E-state index in [-0.39, 0.29) is 5.41 Å². The van der Waals surface area contributed by atoms with Crippen LogP contribution in [0.5, 0.6) is 0 Å². The summed E-state index contributed by atoms with van der Waals surface area (Å²) in [5.74, 6) is -0.780. The van der Waals surface area contributed by atoms with E-state index in [1.165, 1.54) is 18.4 Å². The molecular weight excluding hydrogens is 190 g/mol. The number of carbonyl (C=O) groups is 1. The molecule has 2 N–H and O–H groups in total. The van der Waals surface area contributed by atoms with Crippen LogP contribution in [0, 0.1) is 0 Å². The van der Waals surface area contributed by atoms with Crippen LogP contribution in [0.3, 0.4) is 0 Å². The van der Waals surface area contributed by atoms with E-state index in [0.29, 0.717) is 0 Å². The molecular formula is C12H13NO2. The van der Waals surface area contributed by atoms with Gasteiger partial charge < -0.3 is 5.11 Å². The van der Waals surface area contributed by atoms with Gasteiger partial charge in [-0.05, 0) is 24.0 Å². The van der Waals surface area contributed by atoms with Crippen LogP contribution >= 0.6 is 0 Å². The highest BCUT2D eigenvalue weighted by Gasteiger charge is 2.49. The molecule has 1 heterocycles. The lowest BCUT2D eigenvalue weighted by molar-refractivity contribution is -0.139. The Hall–Kier alpha value is -1.35. The number of aliphatic carboxylic acids is 1. The SMILES string of the molecule is O=C(O)C1NCC2(CC2)c2ccccc21. The summed E-state index contributed by atoms with van der Waals surface area (Å²) in [6.45, 7) is 0.807. The van der Waals surface area contributed by atoms with Crippen molar-refractivity contribution in [2.24, 2.45) is 0 Å². The normalized spacial score (nSPS) is 26.0. The van der Waals surface area contributed by atoms with E-state index in [1.807, 2.05) is 18.2 Å². The van der Waals surface area contributed by atoms with Crippen LogP contribution in [-0.4, -0.2) is 17.6 Å². The fourth-order valence-corrected chi connectivity index (χ4v) is 2.55. The van der Waals surface area contributed by atoms with Gasteiger partial charge in [-0.3, -0.25) is 10.1 Å². The van der Waals surface area contributed by atoms with Crippen LogP contribution in [0.2, 0.25) is 0 Å². The Morgan fingerprint density at radius 1 is 1.40 bits per heavy atom. The third kappa shape index (κ3) is 1.20. The second kappa shape index (κ2) is 2.83. The summed E-state index contributed by atoms with van der Waals surface area (Å²) >= 11 is 0. The zero-order chi connectivity index (χ0) is 10.5. The first-order chi connectivity index (χ1) is 7.23. The Balaban J connectivity index is 2.12. The van der Waals surface area contributed by atoms with Gasteiger partial charge in [-0.25, -0.2) is 0 Å². The predicted octanol–water partition coefficient (Wildman–Crippen LogP) is 1.45. The monoisotopic (exact) mass is 203 g/mol. The molecule has 1 fully saturated rings. The van der Waals surface area contributed by atoms with Gasteiger partial charge in [0, 0.05) is 12.0 Å². The number of rotatable bonds is 1. The molecule has 1 aliphatic heterocycles. The van der Waals surface area contributed by atoms with Crippen molar-refractivity contribution in [1.82, 2.24) is 5.32 Å². The highest BCUT2D eigenvalue weighted by Crippen LogP contribution is 2.51. The lowest BCUT2D eigenvalue weighted by Gasteiger charge is -2.30. The van der Waals surface area contributed by atoms with Crippen molar-refractivity contribution in [3.05, 3.63) is 35.4 Å². The quantitative estimate of drug-likeness (QED) is 0.726. The molecule has 1 saturated carbocycles. The Morgan fingerprint density at radius 2 is 2.13 bits per heavy atom. The number of nitrogens with one attached hydrogen (secondary N) is 1. The molecule has 3 nitrogen and oxygen atoms in total. The third-order valence-corrected chi connectivity index (χ3v) is 3.59. The molecule has 1 aliphatic carbocycles. The Morgan fingerprint density at radius 3 is 2.80 bits per heavy atom. The van der Waals surface area contributed by atoms with Crippen molar-refractivity contribution < 1.29 is 9.90 Å². The molecule has 1 atom stereocenters. The van der Waals surface area contributed by atoms with E-state index in [4.69, 9.17) is 5.11 Å². The summed E-state index contributed by atoms with van der Waals surface area (Å²) < 4.78 is 0. The molecule has 0 radical (unpaired) electrons. The minimum Gasteiger partial charge on any atom is -0.480 e. The molecule has 1 aromatic carbocycles.